The van der Waals surface area contributed by atoms with Crippen molar-refractivity contribution < 1.29 is 23.8 Å². The zero-order chi connectivity index (χ0) is 26.0. The molecule has 0 fully saturated rings. The fourth-order valence-electron chi connectivity index (χ4n) is 5.28. The fourth-order valence-corrected chi connectivity index (χ4v) is 5.97. The lowest BCUT2D eigenvalue weighted by Crippen LogP contribution is -2.47. The van der Waals surface area contributed by atoms with Crippen molar-refractivity contribution in [1.82, 2.24) is 4.57 Å². The van der Waals surface area contributed by atoms with Crippen LogP contribution >= 0.6 is 11.8 Å². The molecule has 3 heterocycles. The number of fused-ring (bicyclic) bond motifs is 5. The van der Waals surface area contributed by atoms with E-state index in [4.69, 9.17) is 14.2 Å². The number of benzene rings is 1. The van der Waals surface area contributed by atoms with Gasteiger partial charge in [0.2, 0.25) is 5.60 Å². The maximum atomic E-state index is 13.7. The summed E-state index contributed by atoms with van der Waals surface area (Å²) in [6, 6.07) is 10.1. The Balaban J connectivity index is 1.51. The summed E-state index contributed by atoms with van der Waals surface area (Å²) >= 11 is 1.68. The Hall–Kier alpha value is -3.26. The molecule has 8 heteroatoms. The average Bonchev–Trinajstić information content (AvgIpc) is 3.22. The summed E-state index contributed by atoms with van der Waals surface area (Å²) in [5, 5.41) is 0. The minimum atomic E-state index is -1.72. The Kier molecular flexibility index (Phi) is 7.29. The van der Waals surface area contributed by atoms with Crippen molar-refractivity contribution >= 4 is 35.5 Å². The number of nitrogens with zero attached hydrogens (tertiary/aromatic N) is 1. The molecule has 7 nitrogen and oxygen atoms in total. The minimum Gasteiger partial charge on any atom is -0.457 e. The molecule has 1 aromatic heterocycles. The molecular weight excluding hydrogens is 490 g/mol. The molecule has 5 rings (SSSR count). The second-order valence-corrected chi connectivity index (χ2v) is 10.6. The summed E-state index contributed by atoms with van der Waals surface area (Å²) in [6.45, 7) is 4.29. The summed E-state index contributed by atoms with van der Waals surface area (Å²) in [5.74, 6) is 0.937. The van der Waals surface area contributed by atoms with E-state index in [0.29, 0.717) is 23.4 Å². The first-order valence-electron chi connectivity index (χ1n) is 12.9. The lowest BCUT2D eigenvalue weighted by atomic mass is 9.85. The Bertz CT molecular complexity index is 1360. The van der Waals surface area contributed by atoms with Crippen molar-refractivity contribution in [2.24, 2.45) is 0 Å². The maximum Gasteiger partial charge on any atom is 0.509 e. The van der Waals surface area contributed by atoms with Crippen LogP contribution in [0.1, 0.15) is 61.1 Å². The van der Waals surface area contributed by atoms with Crippen LogP contribution in [0.25, 0.3) is 11.6 Å². The summed E-state index contributed by atoms with van der Waals surface area (Å²) < 4.78 is 18.1. The number of ether oxygens (including phenoxy) is 3. The third kappa shape index (κ3) is 4.63. The zero-order valence-electron chi connectivity index (χ0n) is 21.2. The van der Waals surface area contributed by atoms with Crippen LogP contribution in [0.15, 0.2) is 46.8 Å². The van der Waals surface area contributed by atoms with Crippen molar-refractivity contribution in [3.8, 4) is 0 Å². The van der Waals surface area contributed by atoms with E-state index in [2.05, 4.69) is 31.2 Å². The molecule has 0 saturated carbocycles. The quantitative estimate of drug-likeness (QED) is 0.364. The second-order valence-electron chi connectivity index (χ2n) is 9.41. The number of carbonyl (C=O) groups is 2. The molecule has 0 amide bonds. The summed E-state index contributed by atoms with van der Waals surface area (Å²) in [4.78, 5) is 39.4. The first-order valence-corrected chi connectivity index (χ1v) is 14.0. The number of carbonyl (C=O) groups excluding carboxylic acids is 2. The molecular formula is C29H31NO6S. The van der Waals surface area contributed by atoms with Crippen molar-refractivity contribution in [2.75, 3.05) is 18.1 Å². The zero-order valence-corrected chi connectivity index (χ0v) is 22.0. The highest BCUT2D eigenvalue weighted by atomic mass is 32.2. The van der Waals surface area contributed by atoms with Gasteiger partial charge in [-0.3, -0.25) is 4.79 Å². The molecule has 1 aromatic carbocycles. The molecule has 0 bridgehead atoms. The third-order valence-corrected chi connectivity index (χ3v) is 8.31. The topological polar surface area (TPSA) is 83.8 Å². The molecule has 0 spiro atoms. The van der Waals surface area contributed by atoms with E-state index in [9.17, 15) is 14.4 Å². The molecule has 0 unspecified atom stereocenters. The third-order valence-electron chi connectivity index (χ3n) is 7.16. The van der Waals surface area contributed by atoms with Gasteiger partial charge in [-0.2, -0.15) is 11.8 Å². The lowest BCUT2D eigenvalue weighted by Gasteiger charge is -2.35. The minimum absolute atomic E-state index is 0.122. The van der Waals surface area contributed by atoms with Crippen LogP contribution < -0.4 is 5.56 Å². The van der Waals surface area contributed by atoms with Crippen LogP contribution in [0.3, 0.4) is 0 Å². The number of allylic oxidation sites excluding steroid dienone is 3. The number of hydrogen-bond donors (Lipinski definition) is 0. The molecule has 1 atom stereocenters. The van der Waals surface area contributed by atoms with Crippen LogP contribution in [0.5, 0.6) is 0 Å². The van der Waals surface area contributed by atoms with E-state index >= 15 is 0 Å². The Morgan fingerprint density at radius 2 is 2.03 bits per heavy atom. The van der Waals surface area contributed by atoms with Gasteiger partial charge in [0, 0.05) is 11.3 Å². The van der Waals surface area contributed by atoms with Crippen LogP contribution in [-0.4, -0.2) is 34.8 Å². The van der Waals surface area contributed by atoms with E-state index in [1.807, 2.05) is 18.2 Å². The molecule has 2 aromatic rings. The number of rotatable bonds is 7. The van der Waals surface area contributed by atoms with Gasteiger partial charge in [-0.1, -0.05) is 44.2 Å². The van der Waals surface area contributed by atoms with Gasteiger partial charge < -0.3 is 18.8 Å². The van der Waals surface area contributed by atoms with Gasteiger partial charge in [0.1, 0.15) is 13.2 Å². The van der Waals surface area contributed by atoms with Crippen molar-refractivity contribution in [1.29, 1.82) is 0 Å². The first kappa shape index (κ1) is 25.4. The highest BCUT2D eigenvalue weighted by molar-refractivity contribution is 7.99. The molecule has 3 aliphatic rings. The lowest BCUT2D eigenvalue weighted by molar-refractivity contribution is -0.175. The average molecular weight is 522 g/mol. The Morgan fingerprint density at radius 3 is 2.84 bits per heavy atom. The van der Waals surface area contributed by atoms with Gasteiger partial charge in [-0.05, 0) is 65.9 Å². The summed E-state index contributed by atoms with van der Waals surface area (Å²) in [5.41, 5.74) is 3.96. The molecule has 0 saturated heterocycles. The smallest absolute Gasteiger partial charge is 0.457 e. The van der Waals surface area contributed by atoms with Crippen molar-refractivity contribution in [3.05, 3.63) is 80.3 Å². The predicted molar refractivity (Wildman–Crippen MR) is 143 cm³/mol. The molecule has 2 aliphatic heterocycles. The number of aromatic nitrogens is 1. The van der Waals surface area contributed by atoms with Crippen molar-refractivity contribution in [3.63, 3.8) is 0 Å². The molecule has 1 aliphatic carbocycles. The van der Waals surface area contributed by atoms with Gasteiger partial charge >= 0.3 is 12.1 Å². The first-order chi connectivity index (χ1) is 18.0. The Labute approximate surface area is 220 Å². The Morgan fingerprint density at radius 1 is 1.19 bits per heavy atom. The van der Waals surface area contributed by atoms with Gasteiger partial charge in [0.05, 0.1) is 17.8 Å². The number of pyridine rings is 1. The standard InChI is InChI=1S/C29H31NO6S/c1-3-13-37-14-12-34-28(33)36-29(4-2)24-16-25-22-11-7-10-19-8-5-6-9-20(19)15-21(22)17-30(25)26(31)23(24)18-35-27(29)32/h5-6,8-9,11,15-16H,3-4,7,10,12-14,17-18H2,1-2H3/t29-/m0/s1. The highest BCUT2D eigenvalue weighted by Gasteiger charge is 2.51. The molecule has 194 valence electrons. The second kappa shape index (κ2) is 10.6. The van der Waals surface area contributed by atoms with E-state index in [-0.39, 0.29) is 25.2 Å². The van der Waals surface area contributed by atoms with Gasteiger partial charge in [0.25, 0.3) is 5.56 Å². The van der Waals surface area contributed by atoms with Crippen LogP contribution in [0, 0.1) is 0 Å². The molecule has 37 heavy (non-hydrogen) atoms. The fraction of sp³-hybridized carbons (Fsp3) is 0.414. The number of esters is 1. The van der Waals surface area contributed by atoms with Crippen LogP contribution in [0.4, 0.5) is 4.79 Å². The molecule has 0 radical (unpaired) electrons. The van der Waals surface area contributed by atoms with Gasteiger partial charge in [0.15, 0.2) is 0 Å². The van der Waals surface area contributed by atoms with Crippen LogP contribution in [0.2, 0.25) is 0 Å². The molecule has 0 N–H and O–H groups in total. The predicted octanol–water partition coefficient (Wildman–Crippen LogP) is 5.23. The van der Waals surface area contributed by atoms with Gasteiger partial charge in [-0.15, -0.1) is 0 Å². The number of cyclic esters (lactones) is 1. The largest absolute Gasteiger partial charge is 0.509 e. The van der Waals surface area contributed by atoms with E-state index in [0.717, 1.165) is 47.4 Å². The monoisotopic (exact) mass is 521 g/mol. The highest BCUT2D eigenvalue weighted by Crippen LogP contribution is 2.42. The van der Waals surface area contributed by atoms with E-state index in [1.54, 1.807) is 23.3 Å². The summed E-state index contributed by atoms with van der Waals surface area (Å²) in [7, 11) is 0. The maximum absolute atomic E-state index is 13.7. The number of hydrogen-bond acceptors (Lipinski definition) is 7. The summed E-state index contributed by atoms with van der Waals surface area (Å²) in [6.07, 6.45) is 6.25. The van der Waals surface area contributed by atoms with Gasteiger partial charge in [-0.25, -0.2) is 9.59 Å². The SMILES string of the molecule is CCCSCCOC(=O)O[C@]1(CC)C(=O)OCc2c1cc1n(c2=O)CC2=Cc3ccccc3CCC=C21. The van der Waals surface area contributed by atoms with E-state index in [1.165, 1.54) is 5.56 Å². The number of thioether (sulfide) groups is 1. The number of aryl methyl sites for hydroxylation is 1. The van der Waals surface area contributed by atoms with E-state index < -0.39 is 17.7 Å². The van der Waals surface area contributed by atoms with Crippen LogP contribution in [-0.2, 0) is 44.2 Å². The normalized spacial score (nSPS) is 19.7. The van der Waals surface area contributed by atoms with Crippen molar-refractivity contribution in [2.45, 2.75) is 58.3 Å².